The van der Waals surface area contributed by atoms with E-state index in [-0.39, 0.29) is 5.54 Å². The number of nitrogens with zero attached hydrogens (tertiary/aromatic N) is 3. The highest BCUT2D eigenvalue weighted by atomic mass is 35.5. The van der Waals surface area contributed by atoms with E-state index >= 15 is 0 Å². The molecule has 0 bridgehead atoms. The van der Waals surface area contributed by atoms with E-state index in [0.29, 0.717) is 0 Å². The number of benzene rings is 2. The van der Waals surface area contributed by atoms with Gasteiger partial charge < -0.3 is 14.1 Å². The lowest BCUT2D eigenvalue weighted by molar-refractivity contribution is 0.0422. The average Bonchev–Trinajstić information content (AvgIpc) is 3.35. The molecule has 6 rings (SSSR count). The first-order valence-corrected chi connectivity index (χ1v) is 12.7. The fraction of sp³-hybridized carbons (Fsp3) is 0.393. The molecule has 1 saturated heterocycles. The minimum Gasteiger partial charge on any atom is -0.493 e. The van der Waals surface area contributed by atoms with E-state index in [1.807, 2.05) is 30.7 Å². The number of halogens is 1. The molecule has 3 heterocycles. The standard InChI is InChI=1S/C28H30ClN3O2/c1-33-25-9-5-7-20-22(19-34-27(20)25)28(12-3-2-4-13-28)32-17-15-31(16-18-32)24-11-10-23(29)21-8-6-14-30-26(21)24/h5-11,14,19H,2-4,12-13,15-18H2,1H3. The number of para-hydroxylation sites is 1. The van der Waals surface area contributed by atoms with Gasteiger partial charge in [0.2, 0.25) is 0 Å². The maximum absolute atomic E-state index is 6.45. The molecule has 34 heavy (non-hydrogen) atoms. The summed E-state index contributed by atoms with van der Waals surface area (Å²) >= 11 is 6.45. The molecule has 4 aromatic rings. The van der Waals surface area contributed by atoms with E-state index in [2.05, 4.69) is 39.0 Å². The maximum Gasteiger partial charge on any atom is 0.176 e. The normalized spacial score (nSPS) is 19.1. The van der Waals surface area contributed by atoms with E-state index in [9.17, 15) is 0 Å². The van der Waals surface area contributed by atoms with E-state index < -0.39 is 0 Å². The summed E-state index contributed by atoms with van der Waals surface area (Å²) in [4.78, 5) is 9.85. The van der Waals surface area contributed by atoms with Crippen LogP contribution >= 0.6 is 11.6 Å². The molecule has 176 valence electrons. The predicted molar refractivity (Wildman–Crippen MR) is 138 cm³/mol. The molecule has 6 heteroatoms. The summed E-state index contributed by atoms with van der Waals surface area (Å²) in [7, 11) is 1.71. The van der Waals surface area contributed by atoms with Crippen LogP contribution in [0.3, 0.4) is 0 Å². The van der Waals surface area contributed by atoms with Crippen LogP contribution in [0.4, 0.5) is 5.69 Å². The molecule has 2 fully saturated rings. The summed E-state index contributed by atoms with van der Waals surface area (Å²) < 4.78 is 11.7. The molecular formula is C28H30ClN3O2. The lowest BCUT2D eigenvalue weighted by atomic mass is 9.74. The van der Waals surface area contributed by atoms with Crippen LogP contribution in [0, 0.1) is 0 Å². The monoisotopic (exact) mass is 475 g/mol. The van der Waals surface area contributed by atoms with Crippen molar-refractivity contribution in [3.8, 4) is 5.75 Å². The number of furan rings is 1. The quantitative estimate of drug-likeness (QED) is 0.331. The second kappa shape index (κ2) is 8.79. The van der Waals surface area contributed by atoms with Crippen LogP contribution in [-0.4, -0.2) is 43.2 Å². The van der Waals surface area contributed by atoms with E-state index in [0.717, 1.165) is 53.4 Å². The van der Waals surface area contributed by atoms with Crippen molar-refractivity contribution in [3.05, 3.63) is 65.5 Å². The zero-order valence-corrected chi connectivity index (χ0v) is 20.4. The molecule has 1 saturated carbocycles. The van der Waals surface area contributed by atoms with Crippen LogP contribution < -0.4 is 9.64 Å². The van der Waals surface area contributed by atoms with Gasteiger partial charge in [-0.05, 0) is 43.2 Å². The molecule has 0 N–H and O–H groups in total. The third-order valence-electron chi connectivity index (χ3n) is 7.89. The van der Waals surface area contributed by atoms with E-state index in [1.54, 1.807) is 7.11 Å². The predicted octanol–water partition coefficient (Wildman–Crippen LogP) is 6.62. The summed E-state index contributed by atoms with van der Waals surface area (Å²) in [5, 5.41) is 2.97. The van der Waals surface area contributed by atoms with Gasteiger partial charge in [0.25, 0.3) is 0 Å². The molecule has 0 atom stereocenters. The van der Waals surface area contributed by atoms with Crippen LogP contribution in [0.15, 0.2) is 59.3 Å². The second-order valence-electron chi connectivity index (χ2n) is 9.52. The SMILES string of the molecule is COc1cccc2c(C3(N4CCN(c5ccc(Cl)c6cccnc56)CC4)CCCCC3)coc12. The zero-order chi connectivity index (χ0) is 23.1. The van der Waals surface area contributed by atoms with Gasteiger partial charge in [-0.2, -0.15) is 0 Å². The molecule has 1 aliphatic carbocycles. The highest BCUT2D eigenvalue weighted by Gasteiger charge is 2.43. The van der Waals surface area contributed by atoms with Crippen molar-refractivity contribution in [2.45, 2.75) is 37.6 Å². The van der Waals surface area contributed by atoms with Crippen LogP contribution in [0.25, 0.3) is 21.9 Å². The number of methoxy groups -OCH3 is 1. The van der Waals surface area contributed by atoms with Gasteiger partial charge in [-0.15, -0.1) is 0 Å². The van der Waals surface area contributed by atoms with E-state index in [1.165, 1.54) is 48.7 Å². The number of rotatable bonds is 4. The molecule has 2 aromatic carbocycles. The van der Waals surface area contributed by atoms with Gasteiger partial charge in [0.1, 0.15) is 0 Å². The Bertz CT molecular complexity index is 1320. The summed E-state index contributed by atoms with van der Waals surface area (Å²) in [6.45, 7) is 3.95. The lowest BCUT2D eigenvalue weighted by Crippen LogP contribution is -2.56. The van der Waals surface area contributed by atoms with Crippen molar-refractivity contribution in [1.29, 1.82) is 0 Å². The Morgan fingerprint density at radius 3 is 2.53 bits per heavy atom. The van der Waals surface area contributed by atoms with Gasteiger partial charge >= 0.3 is 0 Å². The van der Waals surface area contributed by atoms with Gasteiger partial charge in [-0.25, -0.2) is 0 Å². The molecular weight excluding hydrogens is 446 g/mol. The third kappa shape index (κ3) is 3.45. The second-order valence-corrected chi connectivity index (χ2v) is 9.93. The molecule has 0 radical (unpaired) electrons. The van der Waals surface area contributed by atoms with Crippen molar-refractivity contribution >= 4 is 39.2 Å². The summed E-state index contributed by atoms with van der Waals surface area (Å²) in [6.07, 6.45) is 10.0. The average molecular weight is 476 g/mol. The largest absolute Gasteiger partial charge is 0.493 e. The number of ether oxygens (including phenoxy) is 1. The van der Waals surface area contributed by atoms with Crippen LogP contribution in [-0.2, 0) is 5.54 Å². The van der Waals surface area contributed by atoms with Gasteiger partial charge in [0.15, 0.2) is 11.3 Å². The molecule has 1 aliphatic heterocycles. The number of hydrogen-bond acceptors (Lipinski definition) is 5. The summed E-state index contributed by atoms with van der Waals surface area (Å²) in [6, 6.07) is 14.4. The highest BCUT2D eigenvalue weighted by molar-refractivity contribution is 6.35. The summed E-state index contributed by atoms with van der Waals surface area (Å²) in [5.74, 6) is 0.807. The minimum atomic E-state index is 0.0161. The molecule has 2 aromatic heterocycles. The molecule has 5 nitrogen and oxygen atoms in total. The lowest BCUT2D eigenvalue weighted by Gasteiger charge is -2.50. The van der Waals surface area contributed by atoms with Gasteiger partial charge in [0.05, 0.1) is 29.6 Å². The summed E-state index contributed by atoms with van der Waals surface area (Å²) in [5.41, 5.74) is 4.37. The first-order chi connectivity index (χ1) is 16.7. The Kier molecular flexibility index (Phi) is 5.62. The Hall–Kier alpha value is -2.76. The molecule has 2 aliphatic rings. The topological polar surface area (TPSA) is 41.7 Å². The first kappa shape index (κ1) is 21.8. The number of fused-ring (bicyclic) bond motifs is 2. The van der Waals surface area contributed by atoms with Crippen molar-refractivity contribution in [1.82, 2.24) is 9.88 Å². The van der Waals surface area contributed by atoms with Crippen molar-refractivity contribution in [2.75, 3.05) is 38.2 Å². The van der Waals surface area contributed by atoms with Crippen LogP contribution in [0.1, 0.15) is 37.7 Å². The van der Waals surface area contributed by atoms with Crippen molar-refractivity contribution < 1.29 is 9.15 Å². The fourth-order valence-corrected chi connectivity index (χ4v) is 6.41. The fourth-order valence-electron chi connectivity index (χ4n) is 6.20. The van der Waals surface area contributed by atoms with Crippen LogP contribution in [0.5, 0.6) is 5.75 Å². The highest BCUT2D eigenvalue weighted by Crippen LogP contribution is 2.47. The van der Waals surface area contributed by atoms with Crippen molar-refractivity contribution in [2.24, 2.45) is 0 Å². The Morgan fingerprint density at radius 1 is 0.941 bits per heavy atom. The number of anilines is 1. The Labute approximate surface area is 205 Å². The number of pyridine rings is 1. The molecule has 0 amide bonds. The van der Waals surface area contributed by atoms with Crippen LogP contribution in [0.2, 0.25) is 5.02 Å². The minimum absolute atomic E-state index is 0.0161. The molecule has 0 spiro atoms. The smallest absolute Gasteiger partial charge is 0.176 e. The zero-order valence-electron chi connectivity index (χ0n) is 19.6. The number of hydrogen-bond donors (Lipinski definition) is 0. The van der Waals surface area contributed by atoms with Crippen molar-refractivity contribution in [3.63, 3.8) is 0 Å². The Balaban J connectivity index is 1.32. The number of aromatic nitrogens is 1. The number of piperazine rings is 1. The first-order valence-electron chi connectivity index (χ1n) is 12.3. The molecule has 0 unspecified atom stereocenters. The van der Waals surface area contributed by atoms with E-state index in [4.69, 9.17) is 20.8 Å². The third-order valence-corrected chi connectivity index (χ3v) is 8.22. The van der Waals surface area contributed by atoms with Gasteiger partial charge in [-0.3, -0.25) is 9.88 Å². The van der Waals surface area contributed by atoms with Gasteiger partial charge in [0, 0.05) is 54.3 Å². The maximum atomic E-state index is 6.45. The Morgan fingerprint density at radius 2 is 1.74 bits per heavy atom. The van der Waals surface area contributed by atoms with Gasteiger partial charge in [-0.1, -0.05) is 43.0 Å².